The van der Waals surface area contributed by atoms with Gasteiger partial charge in [0.25, 0.3) is 5.56 Å². The number of aryl methyl sites for hydroxylation is 1. The molecule has 0 bridgehead atoms. The number of methoxy groups -OCH3 is 1. The van der Waals surface area contributed by atoms with E-state index in [2.05, 4.69) is 25.3 Å². The largest absolute Gasteiger partial charge is 0.495 e. The zero-order valence-electron chi connectivity index (χ0n) is 16.9. The Balaban J connectivity index is 1.51. The molecule has 2 N–H and O–H groups in total. The minimum Gasteiger partial charge on any atom is -0.495 e. The van der Waals surface area contributed by atoms with E-state index in [0.29, 0.717) is 40.2 Å². The molecular formula is C20H19ClN6O4. The van der Waals surface area contributed by atoms with Crippen LogP contribution in [-0.2, 0) is 10.3 Å². The molecule has 11 heteroatoms. The van der Waals surface area contributed by atoms with Crippen molar-refractivity contribution in [2.75, 3.05) is 30.5 Å². The first-order chi connectivity index (χ1) is 14.9. The van der Waals surface area contributed by atoms with E-state index in [-0.39, 0.29) is 18.1 Å². The van der Waals surface area contributed by atoms with Crippen LogP contribution >= 0.6 is 11.6 Å². The van der Waals surface area contributed by atoms with Crippen LogP contribution in [0.5, 0.6) is 5.75 Å². The van der Waals surface area contributed by atoms with Gasteiger partial charge in [-0.05, 0) is 31.9 Å². The molecule has 0 radical (unpaired) electrons. The summed E-state index contributed by atoms with van der Waals surface area (Å²) in [7, 11) is 1.52. The molecule has 160 valence electrons. The average molecular weight is 443 g/mol. The highest BCUT2D eigenvalue weighted by molar-refractivity contribution is 6.32. The highest BCUT2D eigenvalue weighted by Crippen LogP contribution is 2.47. The minimum absolute atomic E-state index is 0.212. The van der Waals surface area contributed by atoms with E-state index >= 15 is 0 Å². The number of hydrogen-bond donors (Lipinski definition) is 2. The van der Waals surface area contributed by atoms with Crippen LogP contribution in [0.1, 0.15) is 24.2 Å². The molecule has 3 heterocycles. The Hall–Kier alpha value is -3.40. The number of fused-ring (bicyclic) bond motifs is 1. The van der Waals surface area contributed by atoms with Crippen LogP contribution in [0.2, 0.25) is 5.02 Å². The number of amides is 1. The van der Waals surface area contributed by atoms with E-state index in [9.17, 15) is 9.59 Å². The molecule has 2 aliphatic rings. The van der Waals surface area contributed by atoms with E-state index in [1.807, 2.05) is 6.07 Å². The van der Waals surface area contributed by atoms with Gasteiger partial charge in [-0.15, -0.1) is 0 Å². The molecule has 1 aliphatic heterocycles. The number of benzene rings is 1. The second kappa shape index (κ2) is 7.09. The number of nitrogens with zero attached hydrogens (tertiary/aromatic N) is 4. The van der Waals surface area contributed by atoms with E-state index in [4.69, 9.17) is 21.1 Å². The van der Waals surface area contributed by atoms with Crippen molar-refractivity contribution >= 4 is 40.5 Å². The first-order valence-corrected chi connectivity index (χ1v) is 10.1. The van der Waals surface area contributed by atoms with Gasteiger partial charge in [-0.1, -0.05) is 11.6 Å². The lowest BCUT2D eigenvalue weighted by Gasteiger charge is -2.19. The van der Waals surface area contributed by atoms with E-state index < -0.39 is 11.6 Å². The third kappa shape index (κ3) is 3.42. The number of pyridine rings is 1. The van der Waals surface area contributed by atoms with Crippen molar-refractivity contribution < 1.29 is 14.3 Å². The fourth-order valence-electron chi connectivity index (χ4n) is 3.74. The molecule has 0 atom stereocenters. The number of aromatic nitrogens is 4. The lowest BCUT2D eigenvalue weighted by molar-refractivity contribution is 0.181. The molecule has 1 aromatic carbocycles. The standard InChI is InChI=1S/C20H19ClN6O4/c1-10-22-17(25-18(23-10)27-5-6-31-19(27)29)26-20(3-4-20)12-7-11-8-13(21)15(30-2)9-14(11)24-16(12)28/h7-9H,3-6H2,1-2H3,(H,24,28)(H,22,23,25,26). The Morgan fingerprint density at radius 3 is 2.71 bits per heavy atom. The number of carbonyl (C=O) groups is 1. The Labute approximate surface area is 181 Å². The molecule has 0 unspecified atom stereocenters. The number of cyclic esters (lactones) is 1. The zero-order chi connectivity index (χ0) is 21.8. The van der Waals surface area contributed by atoms with Gasteiger partial charge in [-0.2, -0.15) is 15.0 Å². The number of ether oxygens (including phenoxy) is 2. The lowest BCUT2D eigenvalue weighted by atomic mass is 10.0. The molecule has 1 amide bonds. The van der Waals surface area contributed by atoms with Gasteiger partial charge in [0.1, 0.15) is 18.2 Å². The highest BCUT2D eigenvalue weighted by atomic mass is 35.5. The Bertz CT molecular complexity index is 1270. The second-order valence-corrected chi connectivity index (χ2v) is 7.97. The number of halogens is 1. The summed E-state index contributed by atoms with van der Waals surface area (Å²) in [5.74, 6) is 1.46. The molecule has 10 nitrogen and oxygen atoms in total. The number of anilines is 2. The molecule has 0 spiro atoms. The molecule has 1 saturated heterocycles. The van der Waals surface area contributed by atoms with Crippen LogP contribution in [0.15, 0.2) is 23.0 Å². The molecule has 3 aromatic rings. The van der Waals surface area contributed by atoms with Crippen molar-refractivity contribution in [1.82, 2.24) is 19.9 Å². The molecule has 5 rings (SSSR count). The number of carbonyl (C=O) groups excluding carboxylic acids is 1. The normalized spacial score (nSPS) is 17.0. The van der Waals surface area contributed by atoms with Gasteiger partial charge in [0, 0.05) is 17.0 Å². The summed E-state index contributed by atoms with van der Waals surface area (Å²) in [6.45, 7) is 2.38. The predicted octanol–water partition coefficient (Wildman–Crippen LogP) is 2.74. The summed E-state index contributed by atoms with van der Waals surface area (Å²) in [6, 6.07) is 5.29. The number of aromatic amines is 1. The second-order valence-electron chi connectivity index (χ2n) is 7.57. The van der Waals surface area contributed by atoms with Gasteiger partial charge in [0.15, 0.2) is 0 Å². The molecular weight excluding hydrogens is 424 g/mol. The first kappa shape index (κ1) is 19.6. The van der Waals surface area contributed by atoms with E-state index in [0.717, 1.165) is 18.2 Å². The highest BCUT2D eigenvalue weighted by Gasteiger charge is 2.47. The van der Waals surface area contributed by atoms with Crippen LogP contribution < -0.4 is 20.5 Å². The van der Waals surface area contributed by atoms with Crippen molar-refractivity contribution in [2.45, 2.75) is 25.3 Å². The number of H-pyrrole nitrogens is 1. The third-order valence-corrected chi connectivity index (χ3v) is 5.77. The van der Waals surface area contributed by atoms with Gasteiger partial charge in [-0.3, -0.25) is 4.79 Å². The molecule has 1 aliphatic carbocycles. The molecule has 1 saturated carbocycles. The van der Waals surface area contributed by atoms with Gasteiger partial charge in [0.05, 0.1) is 29.7 Å². The summed E-state index contributed by atoms with van der Waals surface area (Å²) < 4.78 is 10.2. The predicted molar refractivity (Wildman–Crippen MR) is 114 cm³/mol. The van der Waals surface area contributed by atoms with Crippen LogP contribution in [0.4, 0.5) is 16.7 Å². The Morgan fingerprint density at radius 1 is 1.23 bits per heavy atom. The molecule has 31 heavy (non-hydrogen) atoms. The number of rotatable bonds is 5. The van der Waals surface area contributed by atoms with Crippen LogP contribution in [0.25, 0.3) is 10.9 Å². The summed E-state index contributed by atoms with van der Waals surface area (Å²) in [5, 5.41) is 4.54. The van der Waals surface area contributed by atoms with Crippen molar-refractivity contribution in [3.8, 4) is 5.75 Å². The monoisotopic (exact) mass is 442 g/mol. The third-order valence-electron chi connectivity index (χ3n) is 5.47. The van der Waals surface area contributed by atoms with E-state index in [1.54, 1.807) is 19.1 Å². The Morgan fingerprint density at radius 2 is 2.03 bits per heavy atom. The first-order valence-electron chi connectivity index (χ1n) is 9.75. The maximum Gasteiger partial charge on any atom is 0.416 e. The Kier molecular flexibility index (Phi) is 4.47. The summed E-state index contributed by atoms with van der Waals surface area (Å²) in [6.07, 6.45) is 0.977. The van der Waals surface area contributed by atoms with Crippen molar-refractivity contribution in [1.29, 1.82) is 0 Å². The minimum atomic E-state index is -0.606. The number of hydrogen-bond acceptors (Lipinski definition) is 8. The van der Waals surface area contributed by atoms with Crippen molar-refractivity contribution in [3.05, 3.63) is 45.0 Å². The van der Waals surface area contributed by atoms with E-state index in [1.165, 1.54) is 12.0 Å². The maximum absolute atomic E-state index is 12.9. The fourth-order valence-corrected chi connectivity index (χ4v) is 3.99. The van der Waals surface area contributed by atoms with Crippen LogP contribution in [0, 0.1) is 6.92 Å². The van der Waals surface area contributed by atoms with Gasteiger partial charge in [0.2, 0.25) is 11.9 Å². The topological polar surface area (TPSA) is 122 Å². The maximum atomic E-state index is 12.9. The molecule has 2 fully saturated rings. The lowest BCUT2D eigenvalue weighted by Crippen LogP contribution is -2.30. The average Bonchev–Trinajstić information content (AvgIpc) is 3.37. The van der Waals surface area contributed by atoms with Crippen molar-refractivity contribution in [3.63, 3.8) is 0 Å². The summed E-state index contributed by atoms with van der Waals surface area (Å²) in [4.78, 5) is 42.0. The van der Waals surface area contributed by atoms with Gasteiger partial charge >= 0.3 is 6.09 Å². The van der Waals surface area contributed by atoms with Gasteiger partial charge < -0.3 is 19.8 Å². The number of nitrogens with one attached hydrogen (secondary N) is 2. The fraction of sp³-hybridized carbons (Fsp3) is 0.350. The van der Waals surface area contributed by atoms with Crippen LogP contribution in [0.3, 0.4) is 0 Å². The summed E-state index contributed by atoms with van der Waals surface area (Å²) >= 11 is 6.26. The van der Waals surface area contributed by atoms with Crippen molar-refractivity contribution in [2.24, 2.45) is 0 Å². The summed E-state index contributed by atoms with van der Waals surface area (Å²) in [5.41, 5.74) is 0.388. The quantitative estimate of drug-likeness (QED) is 0.618. The molecule has 2 aromatic heterocycles. The smallest absolute Gasteiger partial charge is 0.416 e. The van der Waals surface area contributed by atoms with Crippen LogP contribution in [-0.4, -0.2) is 46.3 Å². The van der Waals surface area contributed by atoms with Gasteiger partial charge in [-0.25, -0.2) is 9.69 Å². The SMILES string of the molecule is COc1cc2[nH]c(=O)c(C3(Nc4nc(C)nc(N5CCOC5=O)n4)CC3)cc2cc1Cl. The zero-order valence-corrected chi connectivity index (χ0v) is 17.6.